The number of benzene rings is 2. The number of hydrogen-bond donors (Lipinski definition) is 1. The molecule has 2 rings (SSSR count). The molecule has 2 aromatic rings. The molecule has 0 bridgehead atoms. The fourth-order valence-corrected chi connectivity index (χ4v) is 2.64. The van der Waals surface area contributed by atoms with E-state index in [0.29, 0.717) is 30.8 Å². The third kappa shape index (κ3) is 6.73. The highest BCUT2D eigenvalue weighted by molar-refractivity contribution is 5.91. The van der Waals surface area contributed by atoms with Crippen LogP contribution in [0.2, 0.25) is 0 Å². The standard InChI is InChI=1S/C21H25FN2O3/c1-3-27-19-10-8-18(9-11-19)23-21(26)13-15-24(16(2)25)14-12-17-6-4-5-7-20(17)22/h4-11H,3,12-15H2,1-2H3,(H,23,26). The monoisotopic (exact) mass is 372 g/mol. The molecular weight excluding hydrogens is 347 g/mol. The Morgan fingerprint density at radius 3 is 2.41 bits per heavy atom. The first kappa shape index (κ1) is 20.4. The molecule has 0 atom stereocenters. The Morgan fingerprint density at radius 2 is 1.78 bits per heavy atom. The molecule has 0 unspecified atom stereocenters. The quantitative estimate of drug-likeness (QED) is 0.731. The van der Waals surface area contributed by atoms with E-state index in [4.69, 9.17) is 4.74 Å². The number of carbonyl (C=O) groups is 2. The molecule has 27 heavy (non-hydrogen) atoms. The van der Waals surface area contributed by atoms with Gasteiger partial charge in [0.15, 0.2) is 0 Å². The van der Waals surface area contributed by atoms with Gasteiger partial charge in [-0.1, -0.05) is 18.2 Å². The van der Waals surface area contributed by atoms with Crippen molar-refractivity contribution in [2.45, 2.75) is 26.7 Å². The van der Waals surface area contributed by atoms with Gasteiger partial charge in [-0.15, -0.1) is 0 Å². The van der Waals surface area contributed by atoms with Crippen molar-refractivity contribution < 1.29 is 18.7 Å². The number of carbonyl (C=O) groups excluding carboxylic acids is 2. The van der Waals surface area contributed by atoms with Crippen LogP contribution < -0.4 is 10.1 Å². The Bertz CT molecular complexity index is 762. The summed E-state index contributed by atoms with van der Waals surface area (Å²) in [7, 11) is 0. The van der Waals surface area contributed by atoms with Gasteiger partial charge in [-0.2, -0.15) is 0 Å². The highest BCUT2D eigenvalue weighted by Crippen LogP contribution is 2.16. The summed E-state index contributed by atoms with van der Waals surface area (Å²) in [4.78, 5) is 25.5. The Balaban J connectivity index is 1.83. The van der Waals surface area contributed by atoms with Crippen LogP contribution in [0.3, 0.4) is 0 Å². The molecule has 0 aliphatic carbocycles. The molecule has 0 fully saturated rings. The number of rotatable bonds is 9. The van der Waals surface area contributed by atoms with Crippen molar-refractivity contribution in [2.24, 2.45) is 0 Å². The van der Waals surface area contributed by atoms with Gasteiger partial charge in [0.25, 0.3) is 0 Å². The lowest BCUT2D eigenvalue weighted by molar-refractivity contribution is -0.129. The van der Waals surface area contributed by atoms with Crippen LogP contribution in [0, 0.1) is 5.82 Å². The van der Waals surface area contributed by atoms with Crippen LogP contribution in [0.25, 0.3) is 0 Å². The summed E-state index contributed by atoms with van der Waals surface area (Å²) in [6.45, 7) is 4.59. The third-order valence-corrected chi connectivity index (χ3v) is 4.11. The Kier molecular flexibility index (Phi) is 7.79. The summed E-state index contributed by atoms with van der Waals surface area (Å²) >= 11 is 0. The summed E-state index contributed by atoms with van der Waals surface area (Å²) in [5.41, 5.74) is 1.23. The zero-order chi connectivity index (χ0) is 19.6. The fraction of sp³-hybridized carbons (Fsp3) is 0.333. The van der Waals surface area contributed by atoms with E-state index in [1.54, 1.807) is 47.4 Å². The van der Waals surface area contributed by atoms with Crippen LogP contribution in [0.15, 0.2) is 48.5 Å². The van der Waals surface area contributed by atoms with Crippen molar-refractivity contribution in [3.05, 3.63) is 59.9 Å². The maximum Gasteiger partial charge on any atom is 0.226 e. The number of hydrogen-bond acceptors (Lipinski definition) is 3. The molecule has 0 aliphatic heterocycles. The van der Waals surface area contributed by atoms with Crippen molar-refractivity contribution in [3.63, 3.8) is 0 Å². The van der Waals surface area contributed by atoms with Gasteiger partial charge >= 0.3 is 0 Å². The van der Waals surface area contributed by atoms with Crippen molar-refractivity contribution in [1.29, 1.82) is 0 Å². The van der Waals surface area contributed by atoms with Gasteiger partial charge in [0, 0.05) is 32.1 Å². The lowest BCUT2D eigenvalue weighted by Gasteiger charge is -2.21. The topological polar surface area (TPSA) is 58.6 Å². The molecule has 0 spiro atoms. The summed E-state index contributed by atoms with van der Waals surface area (Å²) in [6.07, 6.45) is 0.580. The van der Waals surface area contributed by atoms with Gasteiger partial charge in [-0.05, 0) is 49.2 Å². The average molecular weight is 372 g/mol. The van der Waals surface area contributed by atoms with E-state index in [1.165, 1.54) is 13.0 Å². The first-order valence-corrected chi connectivity index (χ1v) is 9.01. The van der Waals surface area contributed by atoms with Crippen molar-refractivity contribution >= 4 is 17.5 Å². The van der Waals surface area contributed by atoms with Crippen molar-refractivity contribution in [3.8, 4) is 5.75 Å². The van der Waals surface area contributed by atoms with Gasteiger partial charge in [0.05, 0.1) is 6.61 Å². The molecule has 0 heterocycles. The van der Waals surface area contributed by atoms with E-state index >= 15 is 0 Å². The highest BCUT2D eigenvalue weighted by atomic mass is 19.1. The number of nitrogens with one attached hydrogen (secondary N) is 1. The minimum absolute atomic E-state index is 0.139. The van der Waals surface area contributed by atoms with Crippen molar-refractivity contribution in [2.75, 3.05) is 25.0 Å². The summed E-state index contributed by atoms with van der Waals surface area (Å²) < 4.78 is 19.1. The molecule has 6 heteroatoms. The molecule has 2 amide bonds. The molecular formula is C21H25FN2O3. The lowest BCUT2D eigenvalue weighted by Crippen LogP contribution is -2.33. The number of nitrogens with zero attached hydrogens (tertiary/aromatic N) is 1. The molecule has 0 saturated carbocycles. The van der Waals surface area contributed by atoms with E-state index in [2.05, 4.69) is 5.32 Å². The van der Waals surface area contributed by atoms with Crippen LogP contribution in [0.5, 0.6) is 5.75 Å². The SMILES string of the molecule is CCOc1ccc(NC(=O)CCN(CCc2ccccc2F)C(C)=O)cc1. The molecule has 5 nitrogen and oxygen atoms in total. The van der Waals surface area contributed by atoms with Crippen LogP contribution in [0.4, 0.5) is 10.1 Å². The van der Waals surface area contributed by atoms with Crippen LogP contribution >= 0.6 is 0 Å². The predicted octanol–water partition coefficient (Wildman–Crippen LogP) is 3.64. The normalized spacial score (nSPS) is 10.3. The molecule has 0 aromatic heterocycles. The van der Waals surface area contributed by atoms with E-state index < -0.39 is 0 Å². The molecule has 0 saturated heterocycles. The second kappa shape index (κ2) is 10.3. The van der Waals surface area contributed by atoms with Crippen LogP contribution in [0.1, 0.15) is 25.8 Å². The Labute approximate surface area is 159 Å². The largest absolute Gasteiger partial charge is 0.494 e. The zero-order valence-corrected chi connectivity index (χ0v) is 15.7. The highest BCUT2D eigenvalue weighted by Gasteiger charge is 2.12. The van der Waals surface area contributed by atoms with Gasteiger partial charge in [-0.25, -0.2) is 4.39 Å². The third-order valence-electron chi connectivity index (χ3n) is 4.11. The van der Waals surface area contributed by atoms with E-state index in [-0.39, 0.29) is 30.6 Å². The number of amides is 2. The van der Waals surface area contributed by atoms with E-state index in [9.17, 15) is 14.0 Å². The smallest absolute Gasteiger partial charge is 0.226 e. The van der Waals surface area contributed by atoms with Gasteiger partial charge < -0.3 is 15.0 Å². The minimum atomic E-state index is -0.283. The number of halogens is 1. The molecule has 0 aliphatic rings. The second-order valence-electron chi connectivity index (χ2n) is 6.10. The molecule has 1 N–H and O–H groups in total. The van der Waals surface area contributed by atoms with Crippen LogP contribution in [-0.4, -0.2) is 36.4 Å². The maximum absolute atomic E-state index is 13.7. The van der Waals surface area contributed by atoms with E-state index in [0.717, 1.165) is 5.75 Å². The molecule has 2 aromatic carbocycles. The molecule has 0 radical (unpaired) electrons. The summed E-state index contributed by atoms with van der Waals surface area (Å²) in [5, 5.41) is 2.80. The van der Waals surface area contributed by atoms with Crippen molar-refractivity contribution in [1.82, 2.24) is 4.90 Å². The van der Waals surface area contributed by atoms with Gasteiger partial charge in [-0.3, -0.25) is 9.59 Å². The second-order valence-corrected chi connectivity index (χ2v) is 6.10. The number of ether oxygens (including phenoxy) is 1. The fourth-order valence-electron chi connectivity index (χ4n) is 2.64. The van der Waals surface area contributed by atoms with Gasteiger partial charge in [0.2, 0.25) is 11.8 Å². The maximum atomic E-state index is 13.7. The zero-order valence-electron chi connectivity index (χ0n) is 15.7. The van der Waals surface area contributed by atoms with E-state index in [1.807, 2.05) is 6.92 Å². The van der Waals surface area contributed by atoms with Gasteiger partial charge in [0.1, 0.15) is 11.6 Å². The molecule has 144 valence electrons. The lowest BCUT2D eigenvalue weighted by atomic mass is 10.1. The first-order chi connectivity index (χ1) is 13.0. The number of anilines is 1. The Morgan fingerprint density at radius 1 is 1.07 bits per heavy atom. The summed E-state index contributed by atoms with van der Waals surface area (Å²) in [5.74, 6) is 0.136. The Hall–Kier alpha value is -2.89. The predicted molar refractivity (Wildman–Crippen MR) is 103 cm³/mol. The minimum Gasteiger partial charge on any atom is -0.494 e. The first-order valence-electron chi connectivity index (χ1n) is 9.01. The summed E-state index contributed by atoms with van der Waals surface area (Å²) in [6, 6.07) is 13.6. The average Bonchev–Trinajstić information content (AvgIpc) is 2.64. The van der Waals surface area contributed by atoms with Crippen LogP contribution in [-0.2, 0) is 16.0 Å².